The lowest BCUT2D eigenvalue weighted by Gasteiger charge is -1.93. The second-order valence-electron chi connectivity index (χ2n) is 10.3. The quantitative estimate of drug-likeness (QED) is 0.228. The van der Waals surface area contributed by atoms with E-state index in [0.29, 0.717) is 0 Å². The summed E-state index contributed by atoms with van der Waals surface area (Å²) >= 11 is 0. The summed E-state index contributed by atoms with van der Waals surface area (Å²) in [6.07, 6.45) is 3.81. The summed E-state index contributed by atoms with van der Waals surface area (Å²) in [5.74, 6) is -0.491. The van der Waals surface area contributed by atoms with Gasteiger partial charge < -0.3 is 19.3 Å². The fourth-order valence-corrected chi connectivity index (χ4v) is 5.72. The number of aliphatic hydroxyl groups is 1. The molecule has 0 saturated carbocycles. The van der Waals surface area contributed by atoms with Gasteiger partial charge in [-0.3, -0.25) is 9.59 Å². The molecule has 0 atom stereocenters. The SMILES string of the molecule is CO.COC.COC(C)=O.COC(C)=O.[SiH3]CCc1ccccc1.[SiH3]CCc1ccccc1.[SiH3]CCc1ccccc1.[SiH3]Cc1ccccc1. The van der Waals surface area contributed by atoms with Crippen molar-refractivity contribution < 1.29 is 28.9 Å². The van der Waals surface area contributed by atoms with Gasteiger partial charge in [-0.15, -0.1) is 0 Å². The Morgan fingerprint density at radius 2 is 0.640 bits per heavy atom. The maximum Gasteiger partial charge on any atom is 0.302 e. The van der Waals surface area contributed by atoms with Crippen LogP contribution in [0.15, 0.2) is 121 Å². The molecule has 0 bridgehead atoms. The predicted octanol–water partition coefficient (Wildman–Crippen LogP) is 3.82. The highest BCUT2D eigenvalue weighted by Gasteiger charge is 1.86. The molecule has 0 aromatic heterocycles. The Hall–Kier alpha value is -3.39. The van der Waals surface area contributed by atoms with E-state index in [2.05, 4.69) is 136 Å². The van der Waals surface area contributed by atoms with E-state index >= 15 is 0 Å². The number of rotatable bonds is 7. The third-order valence-corrected chi connectivity index (χ3v) is 8.29. The van der Waals surface area contributed by atoms with Crippen molar-refractivity contribution in [3.05, 3.63) is 144 Å². The average Bonchev–Trinajstić information content (AvgIpc) is 3.16. The summed E-state index contributed by atoms with van der Waals surface area (Å²) in [4.78, 5) is 19.2. The first-order valence-electron chi connectivity index (χ1n) is 17.3. The summed E-state index contributed by atoms with van der Waals surface area (Å²) in [6, 6.07) is 48.0. The molecule has 280 valence electrons. The molecule has 0 amide bonds. The van der Waals surface area contributed by atoms with E-state index in [-0.39, 0.29) is 11.9 Å². The number of aliphatic hydroxyl groups excluding tert-OH is 1. The number of carbonyl (C=O) groups is 2. The van der Waals surface area contributed by atoms with Gasteiger partial charge in [-0.1, -0.05) is 145 Å². The zero-order valence-electron chi connectivity index (χ0n) is 33.0. The van der Waals surface area contributed by atoms with Gasteiger partial charge in [0.2, 0.25) is 0 Å². The molecule has 0 aliphatic carbocycles. The Morgan fingerprint density at radius 3 is 0.760 bits per heavy atom. The number of esters is 2. The Bertz CT molecular complexity index is 1090. The molecule has 0 aliphatic rings. The van der Waals surface area contributed by atoms with Gasteiger partial charge in [0, 0.05) is 76.1 Å². The molecular formula is C40H68O6Si4. The maximum atomic E-state index is 9.59. The Kier molecular flexibility index (Phi) is 48.7. The molecule has 0 fully saturated rings. The zero-order chi connectivity index (χ0) is 38.7. The number of benzene rings is 4. The molecule has 50 heavy (non-hydrogen) atoms. The fourth-order valence-electron chi connectivity index (χ4n) is 3.51. The van der Waals surface area contributed by atoms with Crippen molar-refractivity contribution >= 4 is 52.9 Å². The average molecular weight is 757 g/mol. The summed E-state index contributed by atoms with van der Waals surface area (Å²) in [7, 11) is 12.2. The first-order chi connectivity index (χ1) is 24.2. The normalized spacial score (nSPS) is 8.64. The fraction of sp³-hybridized carbons (Fsp3) is 0.350. The highest BCUT2D eigenvalue weighted by atomic mass is 28.2. The van der Waals surface area contributed by atoms with Gasteiger partial charge in [-0.25, -0.2) is 0 Å². The molecule has 4 aromatic rings. The van der Waals surface area contributed by atoms with Crippen molar-refractivity contribution in [2.24, 2.45) is 0 Å². The van der Waals surface area contributed by atoms with E-state index < -0.39 is 0 Å². The van der Waals surface area contributed by atoms with Crippen molar-refractivity contribution in [1.82, 2.24) is 0 Å². The van der Waals surface area contributed by atoms with Crippen molar-refractivity contribution in [3.63, 3.8) is 0 Å². The topological polar surface area (TPSA) is 82.1 Å². The van der Waals surface area contributed by atoms with Crippen LogP contribution in [0.25, 0.3) is 0 Å². The minimum atomic E-state index is -0.245. The van der Waals surface area contributed by atoms with Crippen LogP contribution < -0.4 is 0 Å². The Balaban J connectivity index is -0.000000251. The van der Waals surface area contributed by atoms with Crippen LogP contribution in [0.1, 0.15) is 36.1 Å². The second kappa shape index (κ2) is 45.6. The van der Waals surface area contributed by atoms with Crippen molar-refractivity contribution in [2.75, 3.05) is 35.5 Å². The van der Waals surface area contributed by atoms with Crippen molar-refractivity contribution in [1.29, 1.82) is 0 Å². The third-order valence-electron chi connectivity index (χ3n) is 5.97. The molecule has 10 heteroatoms. The predicted molar refractivity (Wildman–Crippen MR) is 231 cm³/mol. The van der Waals surface area contributed by atoms with E-state index in [1.165, 1.54) is 135 Å². The number of aryl methyl sites for hydroxylation is 3. The van der Waals surface area contributed by atoms with Crippen LogP contribution in [0.4, 0.5) is 0 Å². The van der Waals surface area contributed by atoms with Gasteiger partial charge in [-0.05, 0) is 42.0 Å². The van der Waals surface area contributed by atoms with Crippen LogP contribution in [0.5, 0.6) is 0 Å². The lowest BCUT2D eigenvalue weighted by Crippen LogP contribution is -1.88. The molecular weight excluding hydrogens is 689 g/mol. The molecule has 0 aliphatic heterocycles. The first kappa shape index (κ1) is 53.4. The molecule has 6 nitrogen and oxygen atoms in total. The van der Waals surface area contributed by atoms with Crippen molar-refractivity contribution in [2.45, 2.75) is 57.3 Å². The minimum Gasteiger partial charge on any atom is -0.469 e. The van der Waals surface area contributed by atoms with Crippen LogP contribution in [0, 0.1) is 0 Å². The molecule has 0 heterocycles. The van der Waals surface area contributed by atoms with Crippen LogP contribution >= 0.6 is 0 Å². The number of ether oxygens (including phenoxy) is 3. The molecule has 0 radical (unpaired) electrons. The van der Waals surface area contributed by atoms with Crippen LogP contribution in [0.2, 0.25) is 18.1 Å². The lowest BCUT2D eigenvalue weighted by atomic mass is 10.2. The van der Waals surface area contributed by atoms with Gasteiger partial charge in [0.25, 0.3) is 0 Å². The Labute approximate surface area is 317 Å². The first-order valence-corrected chi connectivity index (χ1v) is 22.9. The Morgan fingerprint density at radius 1 is 0.460 bits per heavy atom. The number of hydrogen-bond donors (Lipinski definition) is 1. The van der Waals surface area contributed by atoms with Crippen LogP contribution in [-0.2, 0) is 49.1 Å². The van der Waals surface area contributed by atoms with Gasteiger partial charge in [-0.2, -0.15) is 0 Å². The van der Waals surface area contributed by atoms with Crippen LogP contribution in [0.3, 0.4) is 0 Å². The number of methoxy groups -OCH3 is 3. The lowest BCUT2D eigenvalue weighted by molar-refractivity contribution is -0.138. The molecule has 0 unspecified atom stereocenters. The molecule has 1 N–H and O–H groups in total. The van der Waals surface area contributed by atoms with E-state index in [9.17, 15) is 9.59 Å². The largest absolute Gasteiger partial charge is 0.469 e. The summed E-state index contributed by atoms with van der Waals surface area (Å²) < 4.78 is 12.5. The summed E-state index contributed by atoms with van der Waals surface area (Å²) in [5, 5.41) is 7.00. The zero-order valence-corrected chi connectivity index (χ0v) is 41.0. The highest BCUT2D eigenvalue weighted by molar-refractivity contribution is 6.09. The van der Waals surface area contributed by atoms with Gasteiger partial charge in [0.15, 0.2) is 0 Å². The molecule has 0 spiro atoms. The smallest absolute Gasteiger partial charge is 0.302 e. The molecule has 4 rings (SSSR count). The summed E-state index contributed by atoms with van der Waals surface area (Å²) in [6.45, 7) is 2.72. The van der Waals surface area contributed by atoms with Gasteiger partial charge >= 0.3 is 11.9 Å². The van der Waals surface area contributed by atoms with E-state index in [4.69, 9.17) is 5.11 Å². The van der Waals surface area contributed by atoms with E-state index in [1.807, 2.05) is 0 Å². The van der Waals surface area contributed by atoms with Crippen molar-refractivity contribution in [3.8, 4) is 0 Å². The monoisotopic (exact) mass is 756 g/mol. The number of carbonyl (C=O) groups excluding carboxylic acids is 2. The number of hydrogen-bond acceptors (Lipinski definition) is 6. The molecule has 4 aromatic carbocycles. The minimum absolute atomic E-state index is 0.245. The highest BCUT2D eigenvalue weighted by Crippen LogP contribution is 2.01. The van der Waals surface area contributed by atoms with Gasteiger partial charge in [0.05, 0.1) is 14.2 Å². The van der Waals surface area contributed by atoms with E-state index in [1.54, 1.807) is 14.2 Å². The standard InChI is InChI=1S/3C8H12Si.C7H10Si.2C3H6O2.C2H6O.CH4O/c3*9-7-6-8-4-2-1-3-5-8;8-6-7-4-2-1-3-5-7;2*1-3(4)5-2;1-3-2;1-2/h3*1-5H,6-7H2,9H3;1-5H,6H2,8H3;2*1-2H3;1-2H3;2H,1H3. The maximum absolute atomic E-state index is 9.59. The second-order valence-corrected chi connectivity index (χ2v) is 14.1. The van der Waals surface area contributed by atoms with Crippen LogP contribution in [-0.4, -0.2) is 93.6 Å². The van der Waals surface area contributed by atoms with Gasteiger partial charge in [0.1, 0.15) is 0 Å². The third kappa shape index (κ3) is 44.6. The van der Waals surface area contributed by atoms with E-state index in [0.717, 1.165) is 7.11 Å². The summed E-state index contributed by atoms with van der Waals surface area (Å²) in [5.41, 5.74) is 5.91. The molecule has 0 saturated heterocycles.